The van der Waals surface area contributed by atoms with Crippen molar-refractivity contribution in [2.75, 3.05) is 17.4 Å². The number of aromatic nitrogens is 1. The highest BCUT2D eigenvalue weighted by Crippen LogP contribution is 2.27. The molecule has 1 saturated heterocycles. The van der Waals surface area contributed by atoms with Crippen molar-refractivity contribution < 1.29 is 14.2 Å². The lowest BCUT2D eigenvalue weighted by Crippen LogP contribution is -2.22. The molecule has 2 N–H and O–H groups in total. The van der Waals surface area contributed by atoms with Crippen LogP contribution in [-0.4, -0.2) is 17.7 Å². The highest BCUT2D eigenvalue weighted by molar-refractivity contribution is 5.93. The fourth-order valence-electron chi connectivity index (χ4n) is 1.83. The van der Waals surface area contributed by atoms with E-state index in [0.29, 0.717) is 30.3 Å². The van der Waals surface area contributed by atoms with Crippen molar-refractivity contribution in [3.8, 4) is 11.3 Å². The number of nitrogens with two attached hydrogens (primary N) is 1. The third-order valence-electron chi connectivity index (χ3n) is 2.66. The summed E-state index contributed by atoms with van der Waals surface area (Å²) in [6.07, 6.45) is 0.402. The maximum atomic E-state index is 11.6. The molecule has 92 valence electrons. The van der Waals surface area contributed by atoms with E-state index in [4.69, 9.17) is 15.1 Å². The minimum absolute atomic E-state index is 0.0516. The molecule has 1 fully saturated rings. The van der Waals surface area contributed by atoms with Gasteiger partial charge in [0.05, 0.1) is 18.7 Å². The van der Waals surface area contributed by atoms with E-state index >= 15 is 0 Å². The molecule has 2 heterocycles. The fraction of sp³-hybridized carbons (Fsp3) is 0.167. The minimum Gasteiger partial charge on any atom is -0.381 e. The monoisotopic (exact) mass is 245 g/mol. The zero-order chi connectivity index (χ0) is 12.5. The van der Waals surface area contributed by atoms with Crippen molar-refractivity contribution in [1.29, 1.82) is 0 Å². The summed E-state index contributed by atoms with van der Waals surface area (Å²) in [5.41, 5.74) is 6.97. The van der Waals surface area contributed by atoms with Gasteiger partial charge in [-0.05, 0) is 12.1 Å². The van der Waals surface area contributed by atoms with E-state index in [-0.39, 0.29) is 5.91 Å². The summed E-state index contributed by atoms with van der Waals surface area (Å²) < 4.78 is 5.08. The molecule has 0 bridgehead atoms. The molecule has 0 unspecified atom stereocenters. The number of hydroxylamine groups is 1. The van der Waals surface area contributed by atoms with Crippen molar-refractivity contribution >= 4 is 17.4 Å². The van der Waals surface area contributed by atoms with Crippen molar-refractivity contribution in [3.05, 3.63) is 30.3 Å². The van der Waals surface area contributed by atoms with E-state index in [1.165, 1.54) is 5.06 Å². The number of carbonyl (C=O) groups excluding carboxylic acids is 1. The van der Waals surface area contributed by atoms with Gasteiger partial charge in [-0.2, -0.15) is 5.06 Å². The van der Waals surface area contributed by atoms with E-state index < -0.39 is 0 Å². The summed E-state index contributed by atoms with van der Waals surface area (Å²) in [6.45, 7) is 0.415. The topological polar surface area (TPSA) is 81.6 Å². The Balaban J connectivity index is 1.96. The van der Waals surface area contributed by atoms with E-state index in [1.54, 1.807) is 18.2 Å². The van der Waals surface area contributed by atoms with Crippen LogP contribution in [0.4, 0.5) is 11.5 Å². The third kappa shape index (κ3) is 1.82. The zero-order valence-corrected chi connectivity index (χ0v) is 9.50. The highest BCUT2D eigenvalue weighted by atomic mass is 16.7. The Hall–Kier alpha value is -2.34. The molecule has 1 aromatic carbocycles. The van der Waals surface area contributed by atoms with Gasteiger partial charge < -0.3 is 10.3 Å². The van der Waals surface area contributed by atoms with Crippen LogP contribution in [0.3, 0.4) is 0 Å². The molecule has 18 heavy (non-hydrogen) atoms. The molecule has 0 spiro atoms. The quantitative estimate of drug-likeness (QED) is 0.868. The van der Waals surface area contributed by atoms with E-state index in [1.807, 2.05) is 12.1 Å². The molecular weight excluding hydrogens is 234 g/mol. The second kappa shape index (κ2) is 4.15. The van der Waals surface area contributed by atoms with Crippen LogP contribution >= 0.6 is 0 Å². The number of hydrogen-bond donors (Lipinski definition) is 1. The SMILES string of the molecule is Nc1cc(-c2cccc(N3OCCC3=O)c2)on1. The maximum Gasteiger partial charge on any atom is 0.253 e. The summed E-state index contributed by atoms with van der Waals surface area (Å²) in [6, 6.07) is 8.89. The van der Waals surface area contributed by atoms with Crippen LogP contribution in [0.2, 0.25) is 0 Å². The molecule has 0 atom stereocenters. The van der Waals surface area contributed by atoms with E-state index in [9.17, 15) is 4.79 Å². The molecule has 1 aromatic heterocycles. The first-order valence-electron chi connectivity index (χ1n) is 5.52. The van der Waals surface area contributed by atoms with Crippen molar-refractivity contribution in [2.45, 2.75) is 6.42 Å². The Bertz CT molecular complexity index is 594. The summed E-state index contributed by atoms with van der Waals surface area (Å²) in [5.74, 6) is 0.828. The van der Waals surface area contributed by atoms with Crippen molar-refractivity contribution in [2.24, 2.45) is 0 Å². The average molecular weight is 245 g/mol. The molecular formula is C12H11N3O3. The maximum absolute atomic E-state index is 11.6. The smallest absolute Gasteiger partial charge is 0.253 e. The summed E-state index contributed by atoms with van der Waals surface area (Å²) in [5, 5.41) is 4.92. The number of benzene rings is 1. The van der Waals surface area contributed by atoms with Gasteiger partial charge >= 0.3 is 0 Å². The van der Waals surface area contributed by atoms with E-state index in [0.717, 1.165) is 5.56 Å². The number of hydrogen-bond acceptors (Lipinski definition) is 5. The third-order valence-corrected chi connectivity index (χ3v) is 2.66. The summed E-state index contributed by atoms with van der Waals surface area (Å²) >= 11 is 0. The number of anilines is 2. The van der Waals surface area contributed by atoms with Crippen LogP contribution in [0.25, 0.3) is 11.3 Å². The normalized spacial score (nSPS) is 15.3. The Kier molecular flexibility index (Phi) is 2.49. The lowest BCUT2D eigenvalue weighted by Gasteiger charge is -2.14. The van der Waals surface area contributed by atoms with Gasteiger partial charge in [-0.25, -0.2) is 0 Å². The first-order valence-corrected chi connectivity index (χ1v) is 5.52. The number of nitrogen functional groups attached to an aromatic ring is 1. The second-order valence-corrected chi connectivity index (χ2v) is 3.94. The Morgan fingerprint density at radius 1 is 1.33 bits per heavy atom. The molecule has 1 amide bonds. The van der Waals surface area contributed by atoms with Gasteiger partial charge in [-0.3, -0.25) is 9.63 Å². The fourth-order valence-corrected chi connectivity index (χ4v) is 1.83. The molecule has 6 heteroatoms. The minimum atomic E-state index is -0.0516. The highest BCUT2D eigenvalue weighted by Gasteiger charge is 2.23. The van der Waals surface area contributed by atoms with Gasteiger partial charge in [0.15, 0.2) is 11.6 Å². The predicted molar refractivity (Wildman–Crippen MR) is 64.4 cm³/mol. The summed E-state index contributed by atoms with van der Waals surface area (Å²) in [4.78, 5) is 16.8. The van der Waals surface area contributed by atoms with Gasteiger partial charge in [0, 0.05) is 11.6 Å². The van der Waals surface area contributed by atoms with Crippen molar-refractivity contribution in [1.82, 2.24) is 5.16 Å². The van der Waals surface area contributed by atoms with Gasteiger partial charge in [-0.1, -0.05) is 17.3 Å². The number of nitrogens with zero attached hydrogens (tertiary/aromatic N) is 2. The van der Waals surface area contributed by atoms with Gasteiger partial charge in [0.1, 0.15) is 0 Å². The van der Waals surface area contributed by atoms with Crippen LogP contribution in [0, 0.1) is 0 Å². The first kappa shape index (κ1) is 10.8. The van der Waals surface area contributed by atoms with Crippen LogP contribution in [0.5, 0.6) is 0 Å². The largest absolute Gasteiger partial charge is 0.381 e. The lowest BCUT2D eigenvalue weighted by atomic mass is 10.1. The predicted octanol–water partition coefficient (Wildman–Crippen LogP) is 1.59. The molecule has 1 aliphatic rings. The Labute approximate surface area is 103 Å². The Morgan fingerprint density at radius 3 is 2.89 bits per heavy atom. The molecule has 1 aliphatic heterocycles. The van der Waals surface area contributed by atoms with Gasteiger partial charge in [0.2, 0.25) is 0 Å². The van der Waals surface area contributed by atoms with E-state index in [2.05, 4.69) is 5.16 Å². The molecule has 0 radical (unpaired) electrons. The lowest BCUT2D eigenvalue weighted by molar-refractivity contribution is -0.119. The number of carbonyl (C=O) groups is 1. The van der Waals surface area contributed by atoms with Gasteiger partial charge in [0.25, 0.3) is 5.91 Å². The van der Waals surface area contributed by atoms with Crippen LogP contribution in [0.15, 0.2) is 34.9 Å². The average Bonchev–Trinajstić information content (AvgIpc) is 2.98. The number of amides is 1. The molecule has 3 rings (SSSR count). The first-order chi connectivity index (χ1) is 8.74. The molecule has 2 aromatic rings. The number of rotatable bonds is 2. The zero-order valence-electron chi connectivity index (χ0n) is 9.50. The second-order valence-electron chi connectivity index (χ2n) is 3.94. The molecule has 6 nitrogen and oxygen atoms in total. The standard InChI is InChI=1S/C12H11N3O3/c13-11-7-10(18-14-11)8-2-1-3-9(6-8)15-12(16)4-5-17-15/h1-3,6-7H,4-5H2,(H2,13,14). The Morgan fingerprint density at radius 2 is 2.22 bits per heavy atom. The van der Waals surface area contributed by atoms with Crippen molar-refractivity contribution in [3.63, 3.8) is 0 Å². The summed E-state index contributed by atoms with van der Waals surface area (Å²) in [7, 11) is 0. The molecule has 0 saturated carbocycles. The van der Waals surface area contributed by atoms with Crippen LogP contribution < -0.4 is 10.8 Å². The van der Waals surface area contributed by atoms with Crippen LogP contribution in [0.1, 0.15) is 6.42 Å². The molecule has 0 aliphatic carbocycles. The van der Waals surface area contributed by atoms with Gasteiger partial charge in [-0.15, -0.1) is 0 Å². The van der Waals surface area contributed by atoms with Crippen LogP contribution in [-0.2, 0) is 9.63 Å².